The zero-order valence-electron chi connectivity index (χ0n) is 12.8. The van der Waals surface area contributed by atoms with Crippen molar-refractivity contribution in [2.24, 2.45) is 0 Å². The maximum Gasteiger partial charge on any atom is 0.233 e. The van der Waals surface area contributed by atoms with E-state index >= 15 is 0 Å². The van der Waals surface area contributed by atoms with Gasteiger partial charge in [0.15, 0.2) is 10.8 Å². The quantitative estimate of drug-likeness (QED) is 0.679. The molecule has 0 saturated carbocycles. The molecule has 5 nitrogen and oxygen atoms in total. The molecule has 0 fully saturated rings. The van der Waals surface area contributed by atoms with Gasteiger partial charge in [-0.2, -0.15) is 0 Å². The van der Waals surface area contributed by atoms with Crippen LogP contribution in [0.15, 0.2) is 41.7 Å². The number of hydrogen-bond donors (Lipinski definition) is 1. The third kappa shape index (κ3) is 4.20. The Balaban J connectivity index is 1.58. The van der Waals surface area contributed by atoms with E-state index < -0.39 is 0 Å². The molecule has 124 valence electrons. The molecule has 0 bridgehead atoms. The van der Waals surface area contributed by atoms with E-state index in [0.717, 1.165) is 11.1 Å². The van der Waals surface area contributed by atoms with E-state index in [2.05, 4.69) is 15.0 Å². The van der Waals surface area contributed by atoms with Crippen LogP contribution in [0.4, 0.5) is 0 Å². The van der Waals surface area contributed by atoms with Crippen molar-refractivity contribution in [2.75, 3.05) is 12.8 Å². The second-order valence-electron chi connectivity index (χ2n) is 5.23. The summed E-state index contributed by atoms with van der Waals surface area (Å²) >= 11 is 13.1. The first kappa shape index (κ1) is 17.1. The molecule has 0 spiro atoms. The number of H-pyrrole nitrogens is 1. The smallest absolute Gasteiger partial charge is 0.233 e. The number of hydrogen-bond acceptors (Lipinski definition) is 4. The van der Waals surface area contributed by atoms with E-state index in [4.69, 9.17) is 23.2 Å². The minimum atomic E-state index is 0.0152. The molecule has 24 heavy (non-hydrogen) atoms. The lowest BCUT2D eigenvalue weighted by molar-refractivity contribution is -0.127. The van der Waals surface area contributed by atoms with Crippen LogP contribution in [0, 0.1) is 0 Å². The van der Waals surface area contributed by atoms with Gasteiger partial charge in [0.25, 0.3) is 0 Å². The van der Waals surface area contributed by atoms with Gasteiger partial charge in [-0.1, -0.05) is 47.1 Å². The molecule has 0 aliphatic heterocycles. The van der Waals surface area contributed by atoms with Crippen LogP contribution in [0.25, 0.3) is 11.2 Å². The van der Waals surface area contributed by atoms with E-state index in [1.54, 1.807) is 24.2 Å². The van der Waals surface area contributed by atoms with Crippen LogP contribution in [-0.2, 0) is 11.3 Å². The standard InChI is InChI=1S/C16H14Cl2N4OS/c1-22(8-10-2-4-11(17)5-3-10)14(23)9-24-16-20-13-6-12(18)7-19-15(13)21-16/h2-7H,8-9H2,1H3,(H,19,20,21). The molecular formula is C16H14Cl2N4OS. The lowest BCUT2D eigenvalue weighted by Crippen LogP contribution is -2.27. The number of pyridine rings is 1. The molecule has 2 heterocycles. The van der Waals surface area contributed by atoms with Crippen molar-refractivity contribution in [1.29, 1.82) is 0 Å². The molecule has 0 atom stereocenters. The molecule has 0 radical (unpaired) electrons. The van der Waals surface area contributed by atoms with Crippen LogP contribution < -0.4 is 0 Å². The molecule has 3 rings (SSSR count). The molecular weight excluding hydrogens is 367 g/mol. The molecule has 0 saturated heterocycles. The average molecular weight is 381 g/mol. The Bertz CT molecular complexity index is 866. The number of carbonyl (C=O) groups is 1. The number of aromatic nitrogens is 3. The number of nitrogens with one attached hydrogen (secondary N) is 1. The summed E-state index contributed by atoms with van der Waals surface area (Å²) in [6.45, 7) is 0.536. The minimum absolute atomic E-state index is 0.0152. The summed E-state index contributed by atoms with van der Waals surface area (Å²) in [6, 6.07) is 9.21. The number of nitrogens with zero attached hydrogens (tertiary/aromatic N) is 3. The maximum atomic E-state index is 12.3. The number of benzene rings is 1. The Kier molecular flexibility index (Phi) is 5.28. The fourth-order valence-corrected chi connectivity index (χ4v) is 3.21. The summed E-state index contributed by atoms with van der Waals surface area (Å²) in [4.78, 5) is 25.5. The number of imidazole rings is 1. The van der Waals surface area contributed by atoms with Crippen molar-refractivity contribution in [3.63, 3.8) is 0 Å². The van der Waals surface area contributed by atoms with E-state index in [1.807, 2.05) is 24.3 Å². The summed E-state index contributed by atoms with van der Waals surface area (Å²) in [7, 11) is 1.78. The lowest BCUT2D eigenvalue weighted by Gasteiger charge is -2.16. The van der Waals surface area contributed by atoms with Gasteiger partial charge in [-0.3, -0.25) is 4.79 Å². The fourth-order valence-electron chi connectivity index (χ4n) is 2.11. The second-order valence-corrected chi connectivity index (χ2v) is 7.07. The minimum Gasteiger partial charge on any atom is -0.341 e. The Morgan fingerprint density at radius 2 is 2.00 bits per heavy atom. The summed E-state index contributed by atoms with van der Waals surface area (Å²) in [6.07, 6.45) is 1.55. The molecule has 2 aromatic heterocycles. The van der Waals surface area contributed by atoms with E-state index in [9.17, 15) is 4.79 Å². The summed E-state index contributed by atoms with van der Waals surface area (Å²) in [5.41, 5.74) is 2.37. The van der Waals surface area contributed by atoms with Crippen molar-refractivity contribution in [3.8, 4) is 0 Å². The number of fused-ring (bicyclic) bond motifs is 1. The molecule has 0 unspecified atom stereocenters. The maximum absolute atomic E-state index is 12.3. The highest BCUT2D eigenvalue weighted by Crippen LogP contribution is 2.21. The van der Waals surface area contributed by atoms with Crippen molar-refractivity contribution in [3.05, 3.63) is 52.1 Å². The van der Waals surface area contributed by atoms with Gasteiger partial charge >= 0.3 is 0 Å². The molecule has 1 aromatic carbocycles. The second kappa shape index (κ2) is 7.42. The van der Waals surface area contributed by atoms with Crippen molar-refractivity contribution in [1.82, 2.24) is 19.9 Å². The predicted molar refractivity (Wildman–Crippen MR) is 97.5 cm³/mol. The van der Waals surface area contributed by atoms with Gasteiger partial charge in [0.05, 0.1) is 16.3 Å². The lowest BCUT2D eigenvalue weighted by atomic mass is 10.2. The van der Waals surface area contributed by atoms with Crippen molar-refractivity contribution >= 4 is 52.0 Å². The van der Waals surface area contributed by atoms with Gasteiger partial charge in [-0.05, 0) is 23.8 Å². The molecule has 1 amide bonds. The summed E-state index contributed by atoms with van der Waals surface area (Å²) in [5, 5.41) is 1.87. The predicted octanol–water partition coefficient (Wildman–Crippen LogP) is 4.02. The van der Waals surface area contributed by atoms with E-state index in [-0.39, 0.29) is 11.7 Å². The van der Waals surface area contributed by atoms with Crippen LogP contribution in [0.5, 0.6) is 0 Å². The zero-order chi connectivity index (χ0) is 17.1. The van der Waals surface area contributed by atoms with Crippen LogP contribution in [0.2, 0.25) is 10.0 Å². The molecule has 8 heteroatoms. The first-order chi connectivity index (χ1) is 11.5. The summed E-state index contributed by atoms with van der Waals surface area (Å²) in [5.74, 6) is 0.305. The van der Waals surface area contributed by atoms with Gasteiger partial charge in [-0.15, -0.1) is 0 Å². The normalized spacial score (nSPS) is 11.0. The first-order valence-corrected chi connectivity index (χ1v) is 8.88. The topological polar surface area (TPSA) is 61.9 Å². The van der Waals surface area contributed by atoms with Gasteiger partial charge in [0.1, 0.15) is 0 Å². The van der Waals surface area contributed by atoms with E-state index in [0.29, 0.717) is 27.4 Å². The number of carbonyl (C=O) groups excluding carboxylic acids is 1. The highest BCUT2D eigenvalue weighted by molar-refractivity contribution is 7.99. The van der Waals surface area contributed by atoms with Gasteiger partial charge in [0, 0.05) is 24.8 Å². The zero-order valence-corrected chi connectivity index (χ0v) is 15.1. The van der Waals surface area contributed by atoms with Crippen LogP contribution in [0.3, 0.4) is 0 Å². The number of rotatable bonds is 5. The largest absolute Gasteiger partial charge is 0.341 e. The van der Waals surface area contributed by atoms with Crippen molar-refractivity contribution < 1.29 is 4.79 Å². The molecule has 1 N–H and O–H groups in total. The highest BCUT2D eigenvalue weighted by atomic mass is 35.5. The molecule has 0 aliphatic carbocycles. The van der Waals surface area contributed by atoms with Crippen LogP contribution >= 0.6 is 35.0 Å². The fraction of sp³-hybridized carbons (Fsp3) is 0.188. The average Bonchev–Trinajstić information content (AvgIpc) is 2.96. The number of thioether (sulfide) groups is 1. The monoisotopic (exact) mass is 380 g/mol. The Labute approximate surface area is 153 Å². The summed E-state index contributed by atoms with van der Waals surface area (Å²) < 4.78 is 0. The van der Waals surface area contributed by atoms with Crippen LogP contribution in [-0.4, -0.2) is 38.6 Å². The van der Waals surface area contributed by atoms with Crippen LogP contribution in [0.1, 0.15) is 5.56 Å². The molecule has 0 aliphatic rings. The first-order valence-electron chi connectivity index (χ1n) is 7.14. The van der Waals surface area contributed by atoms with Gasteiger partial charge in [-0.25, -0.2) is 9.97 Å². The Hall–Kier alpha value is -1.76. The molecule has 3 aromatic rings. The number of amides is 1. The van der Waals surface area contributed by atoms with E-state index in [1.165, 1.54) is 11.8 Å². The SMILES string of the molecule is CN(Cc1ccc(Cl)cc1)C(=O)CSc1nc2ncc(Cl)cc2[nH]1. The highest BCUT2D eigenvalue weighted by Gasteiger charge is 2.12. The third-order valence-electron chi connectivity index (χ3n) is 3.37. The third-order valence-corrected chi connectivity index (χ3v) is 4.69. The Morgan fingerprint density at radius 1 is 1.25 bits per heavy atom. The number of halogens is 2. The van der Waals surface area contributed by atoms with Gasteiger partial charge < -0.3 is 9.88 Å². The number of aromatic amines is 1. The van der Waals surface area contributed by atoms with Crippen molar-refractivity contribution in [2.45, 2.75) is 11.7 Å². The van der Waals surface area contributed by atoms with Gasteiger partial charge in [0.2, 0.25) is 5.91 Å². The Morgan fingerprint density at radius 3 is 2.75 bits per heavy atom.